The van der Waals surface area contributed by atoms with Gasteiger partial charge in [-0.2, -0.15) is 0 Å². The molecule has 0 amide bonds. The van der Waals surface area contributed by atoms with Gasteiger partial charge < -0.3 is 0 Å². The Bertz CT molecular complexity index is 257. The van der Waals surface area contributed by atoms with Crippen LogP contribution in [0, 0.1) is 17.0 Å². The summed E-state index contributed by atoms with van der Waals surface area (Å²) in [6, 6.07) is 3.13. The van der Waals surface area contributed by atoms with E-state index >= 15 is 0 Å². The first-order valence-electron chi connectivity index (χ1n) is 2.93. The summed E-state index contributed by atoms with van der Waals surface area (Å²) in [5.74, 6) is 0.139. The highest BCUT2D eigenvalue weighted by molar-refractivity contribution is 5.18. The van der Waals surface area contributed by atoms with Crippen molar-refractivity contribution in [3.63, 3.8) is 0 Å². The van der Waals surface area contributed by atoms with Gasteiger partial charge in [0.05, 0.1) is 6.20 Å². The van der Waals surface area contributed by atoms with Gasteiger partial charge >= 0.3 is 0 Å². The van der Waals surface area contributed by atoms with E-state index in [1.807, 2.05) is 0 Å². The summed E-state index contributed by atoms with van der Waals surface area (Å²) in [6.45, 7) is 1.79. The molecule has 0 saturated heterocycles. The van der Waals surface area contributed by atoms with E-state index in [1.165, 1.54) is 12.3 Å². The Balaban J connectivity index is 2.74. The first-order valence-corrected chi connectivity index (χ1v) is 2.93. The fourth-order valence-corrected chi connectivity index (χ4v) is 0.594. The summed E-state index contributed by atoms with van der Waals surface area (Å²) in [7, 11) is 0. The Hall–Kier alpha value is -1.65. The zero-order chi connectivity index (χ0) is 8.27. The molecule has 0 atom stereocenters. The maximum absolute atomic E-state index is 9.81. The molecule has 0 saturated carbocycles. The SMILES string of the molecule is Cc1ccc(O[N+](=O)[O-])cn1. The third-order valence-electron chi connectivity index (χ3n) is 1.06. The number of nitrogens with zero attached hydrogens (tertiary/aromatic N) is 2. The second-order valence-electron chi connectivity index (χ2n) is 1.95. The van der Waals surface area contributed by atoms with E-state index in [1.54, 1.807) is 13.0 Å². The van der Waals surface area contributed by atoms with Crippen molar-refractivity contribution in [3.8, 4) is 5.75 Å². The maximum atomic E-state index is 9.81. The molecule has 0 aliphatic carbocycles. The van der Waals surface area contributed by atoms with Gasteiger partial charge in [-0.3, -0.25) is 9.82 Å². The minimum absolute atomic E-state index is 0.139. The average Bonchev–Trinajstić information content (AvgIpc) is 1.93. The second kappa shape index (κ2) is 2.96. The monoisotopic (exact) mass is 154 g/mol. The summed E-state index contributed by atoms with van der Waals surface area (Å²) in [5.41, 5.74) is 0.792. The van der Waals surface area contributed by atoms with Gasteiger partial charge in [-0.1, -0.05) is 0 Å². The molecule has 0 radical (unpaired) electrons. The zero-order valence-electron chi connectivity index (χ0n) is 5.85. The van der Waals surface area contributed by atoms with Crippen LogP contribution in [0.4, 0.5) is 0 Å². The molecule has 1 aromatic heterocycles. The van der Waals surface area contributed by atoms with Crippen LogP contribution in [0.25, 0.3) is 0 Å². The van der Waals surface area contributed by atoms with Crippen molar-refractivity contribution in [1.82, 2.24) is 4.98 Å². The van der Waals surface area contributed by atoms with Gasteiger partial charge in [0.1, 0.15) is 5.75 Å². The summed E-state index contributed by atoms with van der Waals surface area (Å²) in [5, 5.41) is 8.94. The minimum atomic E-state index is -0.869. The van der Waals surface area contributed by atoms with Crippen molar-refractivity contribution < 1.29 is 9.92 Å². The molecule has 0 spiro atoms. The zero-order valence-corrected chi connectivity index (χ0v) is 5.85. The molecule has 0 bridgehead atoms. The van der Waals surface area contributed by atoms with Crippen LogP contribution in [0.2, 0.25) is 0 Å². The van der Waals surface area contributed by atoms with Gasteiger partial charge in [-0.15, -0.1) is 10.1 Å². The van der Waals surface area contributed by atoms with Crippen LogP contribution in [0.15, 0.2) is 18.3 Å². The maximum Gasteiger partial charge on any atom is 0.299 e. The van der Waals surface area contributed by atoms with Crippen molar-refractivity contribution >= 4 is 0 Å². The number of hydrogen-bond donors (Lipinski definition) is 0. The molecule has 5 heteroatoms. The largest absolute Gasteiger partial charge is 0.299 e. The van der Waals surface area contributed by atoms with Gasteiger partial charge in [0.2, 0.25) is 0 Å². The van der Waals surface area contributed by atoms with E-state index in [4.69, 9.17) is 0 Å². The Morgan fingerprint density at radius 1 is 1.64 bits per heavy atom. The van der Waals surface area contributed by atoms with Gasteiger partial charge in [-0.25, -0.2) is 0 Å². The minimum Gasteiger partial charge on any atom is -0.275 e. The van der Waals surface area contributed by atoms with Crippen molar-refractivity contribution in [3.05, 3.63) is 34.1 Å². The first kappa shape index (κ1) is 7.46. The molecule has 0 aliphatic heterocycles. The summed E-state index contributed by atoms with van der Waals surface area (Å²) >= 11 is 0. The van der Waals surface area contributed by atoms with Crippen LogP contribution in [0.3, 0.4) is 0 Å². The molecule has 0 N–H and O–H groups in total. The number of pyridine rings is 1. The average molecular weight is 154 g/mol. The van der Waals surface area contributed by atoms with E-state index in [0.29, 0.717) is 0 Å². The van der Waals surface area contributed by atoms with Crippen molar-refractivity contribution in [2.45, 2.75) is 6.92 Å². The Morgan fingerprint density at radius 2 is 2.36 bits per heavy atom. The van der Waals surface area contributed by atoms with E-state index in [-0.39, 0.29) is 5.75 Å². The molecule has 58 valence electrons. The fraction of sp³-hybridized carbons (Fsp3) is 0.167. The smallest absolute Gasteiger partial charge is 0.275 e. The second-order valence-corrected chi connectivity index (χ2v) is 1.95. The highest BCUT2D eigenvalue weighted by Gasteiger charge is 1.97. The van der Waals surface area contributed by atoms with Gasteiger partial charge in [0.15, 0.2) is 0 Å². The molecule has 0 aromatic carbocycles. The Labute approximate surface area is 62.7 Å². The van der Waals surface area contributed by atoms with Gasteiger partial charge in [0.25, 0.3) is 5.09 Å². The topological polar surface area (TPSA) is 65.3 Å². The van der Waals surface area contributed by atoms with E-state index < -0.39 is 5.09 Å². The molecule has 1 aromatic rings. The van der Waals surface area contributed by atoms with Crippen LogP contribution >= 0.6 is 0 Å². The van der Waals surface area contributed by atoms with Crippen molar-refractivity contribution in [1.29, 1.82) is 0 Å². The third kappa shape index (κ3) is 2.21. The first-order chi connectivity index (χ1) is 5.18. The lowest BCUT2D eigenvalue weighted by Gasteiger charge is -1.95. The highest BCUT2D eigenvalue weighted by atomic mass is 17.0. The van der Waals surface area contributed by atoms with E-state index in [0.717, 1.165) is 5.69 Å². The van der Waals surface area contributed by atoms with E-state index in [9.17, 15) is 10.1 Å². The quantitative estimate of drug-likeness (QED) is 0.470. The molecule has 5 nitrogen and oxygen atoms in total. The van der Waals surface area contributed by atoms with Crippen LogP contribution in [-0.2, 0) is 0 Å². The van der Waals surface area contributed by atoms with Crippen molar-refractivity contribution in [2.75, 3.05) is 0 Å². The predicted molar refractivity (Wildman–Crippen MR) is 36.6 cm³/mol. The molecular formula is C6H6N2O3. The molecular weight excluding hydrogens is 148 g/mol. The van der Waals surface area contributed by atoms with Gasteiger partial charge in [0, 0.05) is 5.69 Å². The summed E-state index contributed by atoms with van der Waals surface area (Å²) in [6.07, 6.45) is 1.30. The summed E-state index contributed by atoms with van der Waals surface area (Å²) in [4.78, 5) is 17.7. The predicted octanol–water partition coefficient (Wildman–Crippen LogP) is 0.961. The number of aryl methyl sites for hydroxylation is 1. The van der Waals surface area contributed by atoms with Crippen LogP contribution in [-0.4, -0.2) is 10.1 Å². The molecule has 11 heavy (non-hydrogen) atoms. The molecule has 0 aliphatic rings. The lowest BCUT2D eigenvalue weighted by molar-refractivity contribution is -0.711. The fourth-order valence-electron chi connectivity index (χ4n) is 0.594. The number of aromatic nitrogens is 1. The highest BCUT2D eigenvalue weighted by Crippen LogP contribution is 2.07. The third-order valence-corrected chi connectivity index (χ3v) is 1.06. The number of hydrogen-bond acceptors (Lipinski definition) is 4. The Kier molecular flexibility index (Phi) is 2.00. The molecule has 1 rings (SSSR count). The van der Waals surface area contributed by atoms with Gasteiger partial charge in [-0.05, 0) is 19.1 Å². The van der Waals surface area contributed by atoms with Crippen LogP contribution < -0.4 is 4.84 Å². The van der Waals surface area contributed by atoms with Crippen LogP contribution in [0.5, 0.6) is 5.75 Å². The normalized spacial score (nSPS) is 9.18. The van der Waals surface area contributed by atoms with E-state index in [2.05, 4.69) is 9.82 Å². The lowest BCUT2D eigenvalue weighted by atomic mass is 10.4. The number of rotatable bonds is 2. The van der Waals surface area contributed by atoms with Crippen molar-refractivity contribution in [2.24, 2.45) is 0 Å². The molecule has 1 heterocycles. The standard InChI is InChI=1S/C6H6N2O3/c1-5-2-3-6(4-7-5)11-8(9)10/h2-4H,1H3. The van der Waals surface area contributed by atoms with Crippen LogP contribution in [0.1, 0.15) is 5.69 Å². The Morgan fingerprint density at radius 3 is 2.82 bits per heavy atom. The lowest BCUT2D eigenvalue weighted by Crippen LogP contribution is -2.03. The molecule has 0 fully saturated rings. The summed E-state index contributed by atoms with van der Waals surface area (Å²) < 4.78 is 0. The molecule has 0 unspecified atom stereocenters.